The highest BCUT2D eigenvalue weighted by Gasteiger charge is 2.18. The topological polar surface area (TPSA) is 87.0 Å². The van der Waals surface area contributed by atoms with Crippen LogP contribution in [0, 0.1) is 0 Å². The third-order valence-electron chi connectivity index (χ3n) is 5.75. The van der Waals surface area contributed by atoms with E-state index < -0.39 is 0 Å². The molecule has 0 bridgehead atoms. The number of aryl methyl sites for hydroxylation is 1. The fourth-order valence-corrected chi connectivity index (χ4v) is 4.10. The third kappa shape index (κ3) is 4.72. The zero-order valence-electron chi connectivity index (χ0n) is 18.4. The van der Waals surface area contributed by atoms with Gasteiger partial charge < -0.3 is 23.9 Å². The molecule has 1 amide bonds. The number of carbonyl (C=O) groups excluding carboxylic acids is 1. The molecule has 1 aliphatic rings. The minimum Gasteiger partial charge on any atom is -0.493 e. The van der Waals surface area contributed by atoms with Crippen molar-refractivity contribution in [2.24, 2.45) is 0 Å². The van der Waals surface area contributed by atoms with Crippen molar-refractivity contribution < 1.29 is 23.4 Å². The Morgan fingerprint density at radius 2 is 1.78 bits per heavy atom. The molecule has 1 heterocycles. The maximum Gasteiger partial charge on any atom is 0.339 e. The number of ether oxygens (including phenoxy) is 3. The van der Waals surface area contributed by atoms with E-state index in [0.29, 0.717) is 35.8 Å². The van der Waals surface area contributed by atoms with E-state index in [9.17, 15) is 9.59 Å². The number of hydrogen-bond donors (Lipinski definition) is 1. The van der Waals surface area contributed by atoms with Crippen LogP contribution in [-0.2, 0) is 24.1 Å². The molecular weight excluding hydrogens is 410 g/mol. The Kier molecular flexibility index (Phi) is 6.63. The zero-order valence-corrected chi connectivity index (χ0v) is 18.4. The quantitative estimate of drug-likeness (QED) is 0.544. The fourth-order valence-electron chi connectivity index (χ4n) is 4.10. The first-order valence-electron chi connectivity index (χ1n) is 10.8. The summed E-state index contributed by atoms with van der Waals surface area (Å²) in [4.78, 5) is 24.5. The standard InChI is InChI=1S/C25H27NO6/c1-29-21-10-7-16(13-23(21)30-2)11-12-26-24(27)15-31-17-8-9-19-18-5-3-4-6-20(18)25(28)32-22(19)14-17/h7-10,13-14H,3-6,11-12,15H2,1-2H3,(H,26,27). The molecule has 2 aromatic carbocycles. The van der Waals surface area contributed by atoms with Gasteiger partial charge in [-0.15, -0.1) is 0 Å². The van der Waals surface area contributed by atoms with Crippen molar-refractivity contribution in [2.45, 2.75) is 32.1 Å². The van der Waals surface area contributed by atoms with Gasteiger partial charge in [0.25, 0.3) is 5.91 Å². The van der Waals surface area contributed by atoms with Crippen molar-refractivity contribution in [2.75, 3.05) is 27.4 Å². The Balaban J connectivity index is 1.32. The van der Waals surface area contributed by atoms with E-state index in [4.69, 9.17) is 18.6 Å². The number of benzene rings is 2. The Morgan fingerprint density at radius 1 is 1.00 bits per heavy atom. The van der Waals surface area contributed by atoms with Crippen LogP contribution in [0.15, 0.2) is 45.6 Å². The molecule has 1 aliphatic carbocycles. The van der Waals surface area contributed by atoms with Gasteiger partial charge in [0, 0.05) is 23.6 Å². The van der Waals surface area contributed by atoms with E-state index in [1.165, 1.54) is 0 Å². The summed E-state index contributed by atoms with van der Waals surface area (Å²) >= 11 is 0. The predicted molar refractivity (Wildman–Crippen MR) is 121 cm³/mol. The molecule has 1 N–H and O–H groups in total. The lowest BCUT2D eigenvalue weighted by atomic mass is 9.91. The average molecular weight is 437 g/mol. The summed E-state index contributed by atoms with van der Waals surface area (Å²) in [6.45, 7) is 0.350. The van der Waals surface area contributed by atoms with Gasteiger partial charge in [-0.3, -0.25) is 4.79 Å². The molecule has 0 saturated heterocycles. The highest BCUT2D eigenvalue weighted by Crippen LogP contribution is 2.29. The van der Waals surface area contributed by atoms with Crippen molar-refractivity contribution in [3.05, 3.63) is 63.5 Å². The number of amides is 1. The van der Waals surface area contributed by atoms with Crippen molar-refractivity contribution in [1.82, 2.24) is 5.32 Å². The maximum absolute atomic E-state index is 12.3. The molecular formula is C25H27NO6. The summed E-state index contributed by atoms with van der Waals surface area (Å²) in [7, 11) is 3.18. The molecule has 3 aromatic rings. The molecule has 0 aliphatic heterocycles. The van der Waals surface area contributed by atoms with Crippen LogP contribution in [0.4, 0.5) is 0 Å². The van der Waals surface area contributed by atoms with E-state index in [1.54, 1.807) is 20.3 Å². The van der Waals surface area contributed by atoms with Crippen molar-refractivity contribution in [1.29, 1.82) is 0 Å². The van der Waals surface area contributed by atoms with E-state index in [2.05, 4.69) is 5.32 Å². The molecule has 1 aromatic heterocycles. The van der Waals surface area contributed by atoms with Crippen LogP contribution in [0.1, 0.15) is 29.5 Å². The van der Waals surface area contributed by atoms with Gasteiger partial charge >= 0.3 is 5.63 Å². The molecule has 0 saturated carbocycles. The van der Waals surface area contributed by atoms with Gasteiger partial charge in [0.05, 0.1) is 14.2 Å². The Hall–Kier alpha value is -3.48. The first-order valence-corrected chi connectivity index (χ1v) is 10.8. The number of fused-ring (bicyclic) bond motifs is 3. The van der Waals surface area contributed by atoms with Crippen LogP contribution in [0.5, 0.6) is 17.2 Å². The van der Waals surface area contributed by atoms with E-state index in [-0.39, 0.29) is 18.1 Å². The first-order chi connectivity index (χ1) is 15.6. The molecule has 0 unspecified atom stereocenters. The van der Waals surface area contributed by atoms with Crippen molar-refractivity contribution in [3.8, 4) is 17.2 Å². The summed E-state index contributed by atoms with van der Waals surface area (Å²) < 4.78 is 21.7. The smallest absolute Gasteiger partial charge is 0.339 e. The van der Waals surface area contributed by atoms with E-state index in [0.717, 1.165) is 47.8 Å². The SMILES string of the molecule is COc1ccc(CCNC(=O)COc2ccc3c4c(c(=O)oc3c2)CCCC4)cc1OC. The molecule has 0 spiro atoms. The van der Waals surface area contributed by atoms with Crippen LogP contribution >= 0.6 is 0 Å². The van der Waals surface area contributed by atoms with E-state index in [1.807, 2.05) is 30.3 Å². The summed E-state index contributed by atoms with van der Waals surface area (Å²) in [6.07, 6.45) is 4.41. The fraction of sp³-hybridized carbons (Fsp3) is 0.360. The minimum atomic E-state index is -0.266. The zero-order chi connectivity index (χ0) is 22.5. The molecule has 168 valence electrons. The largest absolute Gasteiger partial charge is 0.493 e. The van der Waals surface area contributed by atoms with E-state index >= 15 is 0 Å². The second-order valence-electron chi connectivity index (χ2n) is 7.79. The Labute approximate surface area is 186 Å². The molecule has 7 heteroatoms. The van der Waals surface area contributed by atoms with Gasteiger partial charge in [-0.2, -0.15) is 0 Å². The third-order valence-corrected chi connectivity index (χ3v) is 5.75. The summed E-state index contributed by atoms with van der Waals surface area (Å²) in [5.74, 6) is 1.59. The van der Waals surface area contributed by atoms with Crippen LogP contribution in [0.3, 0.4) is 0 Å². The van der Waals surface area contributed by atoms with Crippen LogP contribution in [-0.4, -0.2) is 33.3 Å². The molecule has 7 nitrogen and oxygen atoms in total. The maximum atomic E-state index is 12.3. The van der Waals surface area contributed by atoms with Gasteiger partial charge in [-0.1, -0.05) is 6.07 Å². The lowest BCUT2D eigenvalue weighted by molar-refractivity contribution is -0.123. The second kappa shape index (κ2) is 9.77. The lowest BCUT2D eigenvalue weighted by Crippen LogP contribution is -2.30. The number of hydrogen-bond acceptors (Lipinski definition) is 6. The summed E-state index contributed by atoms with van der Waals surface area (Å²) in [5, 5.41) is 3.80. The monoisotopic (exact) mass is 437 g/mol. The normalized spacial score (nSPS) is 12.8. The average Bonchev–Trinajstić information content (AvgIpc) is 2.82. The van der Waals surface area contributed by atoms with Crippen LogP contribution < -0.4 is 25.2 Å². The number of carbonyl (C=O) groups is 1. The van der Waals surface area contributed by atoms with Crippen molar-refractivity contribution >= 4 is 16.9 Å². The van der Waals surface area contributed by atoms with Crippen LogP contribution in [0.25, 0.3) is 11.0 Å². The Morgan fingerprint density at radius 3 is 2.56 bits per heavy atom. The number of methoxy groups -OCH3 is 2. The van der Waals surface area contributed by atoms with Gasteiger partial charge in [-0.25, -0.2) is 4.79 Å². The number of nitrogens with one attached hydrogen (secondary N) is 1. The second-order valence-corrected chi connectivity index (χ2v) is 7.79. The summed E-state index contributed by atoms with van der Waals surface area (Å²) in [6, 6.07) is 11.1. The van der Waals surface area contributed by atoms with Gasteiger partial charge in [0.2, 0.25) is 0 Å². The molecule has 0 atom stereocenters. The van der Waals surface area contributed by atoms with Gasteiger partial charge in [0.15, 0.2) is 18.1 Å². The molecule has 0 fully saturated rings. The van der Waals surface area contributed by atoms with Gasteiger partial charge in [0.1, 0.15) is 11.3 Å². The minimum absolute atomic E-state index is 0.118. The van der Waals surface area contributed by atoms with Crippen molar-refractivity contribution in [3.63, 3.8) is 0 Å². The first kappa shape index (κ1) is 21.7. The molecule has 0 radical (unpaired) electrons. The summed E-state index contributed by atoms with van der Waals surface area (Å²) in [5.41, 5.74) is 3.14. The Bertz CT molecular complexity index is 1180. The van der Waals surface area contributed by atoms with Crippen LogP contribution in [0.2, 0.25) is 0 Å². The number of rotatable bonds is 8. The predicted octanol–water partition coefficient (Wildman–Crippen LogP) is 3.43. The van der Waals surface area contributed by atoms with Gasteiger partial charge in [-0.05, 0) is 67.5 Å². The highest BCUT2D eigenvalue weighted by atomic mass is 16.5. The molecule has 4 rings (SSSR count). The lowest BCUT2D eigenvalue weighted by Gasteiger charge is -2.16. The molecule has 32 heavy (non-hydrogen) atoms. The highest BCUT2D eigenvalue weighted by molar-refractivity contribution is 5.83.